The zero-order chi connectivity index (χ0) is 59.0. The van der Waals surface area contributed by atoms with E-state index >= 15 is 0 Å². The van der Waals surface area contributed by atoms with Crippen molar-refractivity contribution >= 4 is 35.2 Å². The second kappa shape index (κ2) is 28.3. The summed E-state index contributed by atoms with van der Waals surface area (Å²) in [5, 5.41) is 145. The molecule has 5 amide bonds. The number of hydrogen-bond acceptors (Lipinski definition) is 27. The summed E-state index contributed by atoms with van der Waals surface area (Å²) >= 11 is 0. The minimum absolute atomic E-state index is 0.0159. The van der Waals surface area contributed by atoms with Crippen molar-refractivity contribution < 1.29 is 128 Å². The standard InChI is InChI=1S/C47H72N6O27/c1-16(59)48-29-24(73-41-26(13-56)75-44(31(37(41)67)50-18(3)61)72-23-8-6-22(7-9-23)53(70)71)10-21(11-54)40(36(29)66)78-46-32(51-19(4)62)38(68)43(27(14-57)76-46)80-47-33(52-20(5)63)39(69)42(28(15-58)77-47)79-45-30(49-17(2)60)35(65)34(64)25(12-55)74-45/h6-9,21,24-47,54-58,64-69H,10-15H2,1-5H3,(H,48,59)(H,49,60)(H,50,61)(H,51,62)(H,52,63)/t21-,24-,25-,26-,27-,28-,29+,30-,31-,32-,33-,34?,35-,36-,37-,38-,39-,40?,41?,42?,43?,44-,45-,46+,47+/m1/s1. The number of nitrogens with one attached hydrogen (secondary N) is 5. The number of aliphatic hydroxyl groups is 11. The Morgan fingerprint density at radius 3 is 1.20 bits per heavy atom. The molecule has 0 radical (unpaired) electrons. The molecule has 16 N–H and O–H groups in total. The van der Waals surface area contributed by atoms with E-state index in [1.54, 1.807) is 0 Å². The fourth-order valence-electron chi connectivity index (χ4n) is 10.4. The first kappa shape index (κ1) is 64.2. The molecule has 0 bridgehead atoms. The van der Waals surface area contributed by atoms with Crippen LogP contribution >= 0.6 is 0 Å². The number of carbonyl (C=O) groups is 5. The van der Waals surface area contributed by atoms with Crippen molar-refractivity contribution in [3.05, 3.63) is 34.4 Å². The number of nitro benzene ring substituents is 1. The average Bonchev–Trinajstić information content (AvgIpc) is 3.55. The van der Waals surface area contributed by atoms with E-state index in [0.717, 1.165) is 46.8 Å². The topological polar surface area (TPSA) is 494 Å². The quantitative estimate of drug-likeness (QED) is 0.0401. The summed E-state index contributed by atoms with van der Waals surface area (Å²) in [6, 6.07) is -3.08. The molecule has 6 rings (SSSR count). The Balaban J connectivity index is 1.22. The van der Waals surface area contributed by atoms with E-state index in [-0.39, 0.29) is 17.9 Å². The Labute approximate surface area is 455 Å². The van der Waals surface area contributed by atoms with E-state index in [9.17, 15) is 90.3 Å². The van der Waals surface area contributed by atoms with Gasteiger partial charge in [0.1, 0.15) is 109 Å². The molecule has 80 heavy (non-hydrogen) atoms. The zero-order valence-corrected chi connectivity index (χ0v) is 43.9. The van der Waals surface area contributed by atoms with Crippen LogP contribution in [-0.4, -0.2) is 271 Å². The molecule has 5 unspecified atom stereocenters. The summed E-state index contributed by atoms with van der Waals surface area (Å²) in [6.07, 6.45) is -32.6. The van der Waals surface area contributed by atoms with Crippen molar-refractivity contribution in [2.75, 3.05) is 33.0 Å². The maximum absolute atomic E-state index is 12.8. The van der Waals surface area contributed by atoms with Gasteiger partial charge in [-0.1, -0.05) is 0 Å². The maximum atomic E-state index is 12.8. The van der Waals surface area contributed by atoms with E-state index < -0.39 is 220 Å². The van der Waals surface area contributed by atoms with Crippen molar-refractivity contribution in [3.8, 4) is 5.75 Å². The first-order chi connectivity index (χ1) is 37.8. The monoisotopic (exact) mass is 1150 g/mol. The van der Waals surface area contributed by atoms with Gasteiger partial charge in [0.05, 0.1) is 49.6 Å². The van der Waals surface area contributed by atoms with E-state index in [4.69, 9.17) is 42.6 Å². The third kappa shape index (κ3) is 15.0. The summed E-state index contributed by atoms with van der Waals surface area (Å²) < 4.78 is 54.3. The summed E-state index contributed by atoms with van der Waals surface area (Å²) in [7, 11) is 0. The number of amides is 5. The van der Waals surface area contributed by atoms with Crippen LogP contribution in [0.5, 0.6) is 5.75 Å². The SMILES string of the molecule is CC(=O)N[C@H]1[C@@H](OC2[C@@H](CO)O[C@@H](OC3[C@@H](CO)O[C@@H](OC4[C@@H](CO)C[C@@H](OC5[C@@H](CO)O[C@@H](Oc6ccc([N+](=O)[O-])cc6)[C@H](NC(C)=O)[C@H]5O)[C@H](NC(C)=O)[C@H]4O)[C@H](NC(C)=O)[C@H]3O)[C@H](NC(C)=O)[C@H]2O)O[C@H](CO)C(O)[C@@H]1O. The minimum Gasteiger partial charge on any atom is -0.463 e. The molecule has 5 fully saturated rings. The van der Waals surface area contributed by atoms with Gasteiger partial charge in [-0.15, -0.1) is 0 Å². The van der Waals surface area contributed by atoms with Crippen LogP contribution in [0, 0.1) is 16.0 Å². The molecule has 1 aromatic rings. The zero-order valence-electron chi connectivity index (χ0n) is 43.9. The van der Waals surface area contributed by atoms with Gasteiger partial charge >= 0.3 is 0 Å². The van der Waals surface area contributed by atoms with Crippen molar-refractivity contribution in [1.82, 2.24) is 26.6 Å². The predicted molar refractivity (Wildman–Crippen MR) is 259 cm³/mol. The lowest BCUT2D eigenvalue weighted by molar-refractivity contribution is -0.384. The number of non-ortho nitro benzene ring substituents is 1. The molecule has 452 valence electrons. The van der Waals surface area contributed by atoms with Crippen molar-refractivity contribution in [2.24, 2.45) is 5.92 Å². The van der Waals surface area contributed by atoms with Gasteiger partial charge in [0.15, 0.2) is 18.9 Å². The predicted octanol–water partition coefficient (Wildman–Crippen LogP) is -8.55. The van der Waals surface area contributed by atoms with Crippen LogP contribution in [0.4, 0.5) is 5.69 Å². The number of nitrogens with zero attached hydrogens (tertiary/aromatic N) is 1. The van der Waals surface area contributed by atoms with Gasteiger partial charge in [0.2, 0.25) is 35.8 Å². The highest BCUT2D eigenvalue weighted by molar-refractivity contribution is 5.75. The van der Waals surface area contributed by atoms with Gasteiger partial charge in [-0.25, -0.2) is 0 Å². The van der Waals surface area contributed by atoms with E-state index in [1.165, 1.54) is 12.1 Å². The van der Waals surface area contributed by atoms with Gasteiger partial charge in [0, 0.05) is 59.3 Å². The fourth-order valence-corrected chi connectivity index (χ4v) is 10.4. The molecule has 33 heteroatoms. The first-order valence-electron chi connectivity index (χ1n) is 25.5. The van der Waals surface area contributed by atoms with Gasteiger partial charge in [-0.3, -0.25) is 34.1 Å². The van der Waals surface area contributed by atoms with Crippen LogP contribution in [0.2, 0.25) is 0 Å². The Bertz CT molecular complexity index is 2260. The van der Waals surface area contributed by atoms with E-state index in [2.05, 4.69) is 26.6 Å². The number of rotatable bonds is 21. The van der Waals surface area contributed by atoms with Gasteiger partial charge in [0.25, 0.3) is 5.69 Å². The number of carbonyl (C=O) groups excluding carboxylic acids is 5. The second-order valence-electron chi connectivity index (χ2n) is 20.0. The molecule has 5 aliphatic rings. The Morgan fingerprint density at radius 1 is 0.475 bits per heavy atom. The fraction of sp³-hybridized carbons (Fsp3) is 0.766. The largest absolute Gasteiger partial charge is 0.463 e. The maximum Gasteiger partial charge on any atom is 0.269 e. The summed E-state index contributed by atoms with van der Waals surface area (Å²) in [6.45, 7) is 0.982. The van der Waals surface area contributed by atoms with Crippen molar-refractivity contribution in [3.63, 3.8) is 0 Å². The summed E-state index contributed by atoms with van der Waals surface area (Å²) in [5.74, 6) is -4.87. The number of ether oxygens (including phenoxy) is 9. The number of nitro groups is 1. The molecule has 4 aliphatic heterocycles. The molecule has 1 aromatic carbocycles. The molecule has 0 aromatic heterocycles. The highest BCUT2D eigenvalue weighted by Gasteiger charge is 2.57. The normalized spacial score (nSPS) is 40.2. The van der Waals surface area contributed by atoms with Crippen LogP contribution in [-0.2, 0) is 61.9 Å². The lowest BCUT2D eigenvalue weighted by atomic mass is 9.79. The summed E-state index contributed by atoms with van der Waals surface area (Å²) in [5.41, 5.74) is -0.268. The van der Waals surface area contributed by atoms with Gasteiger partial charge in [-0.2, -0.15) is 0 Å². The van der Waals surface area contributed by atoms with Crippen LogP contribution in [0.15, 0.2) is 24.3 Å². The molecule has 1 aliphatic carbocycles. The number of aliphatic hydroxyl groups excluding tert-OH is 11. The molecule has 25 atom stereocenters. The highest BCUT2D eigenvalue weighted by Crippen LogP contribution is 2.38. The molecule has 33 nitrogen and oxygen atoms in total. The highest BCUT2D eigenvalue weighted by atomic mass is 16.8. The number of benzene rings is 1. The summed E-state index contributed by atoms with van der Waals surface area (Å²) in [4.78, 5) is 73.3. The Morgan fingerprint density at radius 2 is 0.812 bits per heavy atom. The molecule has 0 spiro atoms. The molecule has 4 heterocycles. The second-order valence-corrected chi connectivity index (χ2v) is 20.0. The molecule has 1 saturated carbocycles. The Kier molecular flexibility index (Phi) is 22.7. The minimum atomic E-state index is -1.99. The average molecular weight is 1150 g/mol. The molecule has 4 saturated heterocycles. The van der Waals surface area contributed by atoms with Crippen LogP contribution in [0.25, 0.3) is 0 Å². The third-order valence-electron chi connectivity index (χ3n) is 14.1. The Hall–Kier alpha value is -4.99. The van der Waals surface area contributed by atoms with Crippen LogP contribution in [0.3, 0.4) is 0 Å². The van der Waals surface area contributed by atoms with Gasteiger partial charge < -0.3 is 125 Å². The van der Waals surface area contributed by atoms with Gasteiger partial charge in [-0.05, 0) is 18.6 Å². The van der Waals surface area contributed by atoms with Crippen molar-refractivity contribution in [2.45, 2.75) is 188 Å². The smallest absolute Gasteiger partial charge is 0.269 e. The molecular weight excluding hydrogens is 1080 g/mol. The lowest BCUT2D eigenvalue weighted by Crippen LogP contribution is -2.71. The lowest BCUT2D eigenvalue weighted by Gasteiger charge is -2.51. The van der Waals surface area contributed by atoms with Crippen LogP contribution < -0.4 is 31.3 Å². The van der Waals surface area contributed by atoms with Crippen LogP contribution in [0.1, 0.15) is 41.0 Å². The number of hydrogen-bond donors (Lipinski definition) is 16. The molecular formula is C47H72N6O27. The third-order valence-corrected chi connectivity index (χ3v) is 14.1. The van der Waals surface area contributed by atoms with E-state index in [0.29, 0.717) is 0 Å². The van der Waals surface area contributed by atoms with Crippen molar-refractivity contribution in [1.29, 1.82) is 0 Å². The first-order valence-corrected chi connectivity index (χ1v) is 25.5. The van der Waals surface area contributed by atoms with E-state index in [1.807, 2.05) is 0 Å².